The molecule has 3 aromatic rings. The van der Waals surface area contributed by atoms with Crippen molar-refractivity contribution in [3.8, 4) is 0 Å². The molecule has 0 amide bonds. The number of aromatic nitrogens is 2. The van der Waals surface area contributed by atoms with Crippen LogP contribution in [0.25, 0.3) is 11.0 Å². The fourth-order valence-electron chi connectivity index (χ4n) is 3.65. The molecule has 1 aliphatic rings. The topological polar surface area (TPSA) is 58.5 Å². The van der Waals surface area contributed by atoms with Crippen LogP contribution in [0.2, 0.25) is 0 Å². The lowest BCUT2D eigenvalue weighted by Gasteiger charge is -2.36. The van der Waals surface area contributed by atoms with Crippen LogP contribution in [0.15, 0.2) is 39.5 Å². The zero-order valence-electron chi connectivity index (χ0n) is 14.8. The van der Waals surface area contributed by atoms with Crippen LogP contribution in [-0.4, -0.2) is 46.1 Å². The number of aryl methyl sites for hydroxylation is 1. The van der Waals surface area contributed by atoms with Crippen LogP contribution >= 0.6 is 0 Å². The fourth-order valence-corrected chi connectivity index (χ4v) is 3.65. The van der Waals surface area contributed by atoms with E-state index < -0.39 is 0 Å². The van der Waals surface area contributed by atoms with Crippen molar-refractivity contribution >= 4 is 11.0 Å². The van der Waals surface area contributed by atoms with Crippen LogP contribution in [0.3, 0.4) is 0 Å². The molecular formula is C19H24N4O2. The van der Waals surface area contributed by atoms with E-state index in [2.05, 4.69) is 33.1 Å². The molecule has 0 bridgehead atoms. The van der Waals surface area contributed by atoms with Crippen LogP contribution in [-0.2, 0) is 13.1 Å². The minimum Gasteiger partial charge on any atom is -0.449 e. The third kappa shape index (κ3) is 3.60. The molecule has 0 saturated carbocycles. The largest absolute Gasteiger partial charge is 0.449 e. The summed E-state index contributed by atoms with van der Waals surface area (Å²) in [5, 5.41) is 5.38. The number of nitrogens with zero attached hydrogens (tertiary/aromatic N) is 4. The van der Waals surface area contributed by atoms with Gasteiger partial charge in [0.05, 0.1) is 5.69 Å². The molecule has 0 spiro atoms. The quantitative estimate of drug-likeness (QED) is 0.711. The van der Waals surface area contributed by atoms with Gasteiger partial charge in [-0.05, 0) is 32.0 Å². The lowest BCUT2D eigenvalue weighted by molar-refractivity contribution is 0.117. The van der Waals surface area contributed by atoms with E-state index in [1.807, 2.05) is 25.1 Å². The molecular weight excluding hydrogens is 316 g/mol. The van der Waals surface area contributed by atoms with Crippen molar-refractivity contribution in [2.24, 2.45) is 0 Å². The van der Waals surface area contributed by atoms with Gasteiger partial charge in [-0.2, -0.15) is 0 Å². The Bertz CT molecular complexity index is 833. The molecule has 1 aromatic carbocycles. The lowest BCUT2D eigenvalue weighted by Crippen LogP contribution is -2.42. The van der Waals surface area contributed by atoms with Gasteiger partial charge in [-0.1, -0.05) is 17.3 Å². The SMILES string of the molecule is Cc1nc(CN2CCC(N(C)Cc3noc4ccccc34)CC2)co1. The zero-order valence-corrected chi connectivity index (χ0v) is 14.8. The van der Waals surface area contributed by atoms with E-state index in [-0.39, 0.29) is 0 Å². The molecule has 4 rings (SSSR count). The maximum atomic E-state index is 5.42. The number of para-hydroxylation sites is 1. The number of piperidine rings is 1. The molecule has 0 unspecified atom stereocenters. The van der Waals surface area contributed by atoms with Crippen molar-refractivity contribution in [2.75, 3.05) is 20.1 Å². The fraction of sp³-hybridized carbons (Fsp3) is 0.474. The average Bonchev–Trinajstić information content (AvgIpc) is 3.22. The number of fused-ring (bicyclic) bond motifs is 1. The van der Waals surface area contributed by atoms with Crippen molar-refractivity contribution in [1.29, 1.82) is 0 Å². The van der Waals surface area contributed by atoms with E-state index in [0.29, 0.717) is 6.04 Å². The molecule has 0 radical (unpaired) electrons. The zero-order chi connectivity index (χ0) is 17.2. The van der Waals surface area contributed by atoms with Crippen molar-refractivity contribution in [2.45, 2.75) is 38.9 Å². The summed E-state index contributed by atoms with van der Waals surface area (Å²) in [5.74, 6) is 0.740. The first-order chi connectivity index (χ1) is 12.2. The van der Waals surface area contributed by atoms with Gasteiger partial charge < -0.3 is 8.94 Å². The van der Waals surface area contributed by atoms with E-state index in [4.69, 9.17) is 8.94 Å². The molecule has 1 fully saturated rings. The van der Waals surface area contributed by atoms with Gasteiger partial charge in [0, 0.05) is 44.5 Å². The van der Waals surface area contributed by atoms with Gasteiger partial charge in [-0.15, -0.1) is 0 Å². The molecule has 6 nitrogen and oxygen atoms in total. The van der Waals surface area contributed by atoms with Crippen molar-refractivity contribution in [1.82, 2.24) is 19.9 Å². The van der Waals surface area contributed by atoms with Crippen LogP contribution < -0.4 is 0 Å². The second-order valence-corrected chi connectivity index (χ2v) is 6.91. The number of likely N-dealkylation sites (tertiary alicyclic amines) is 1. The molecule has 132 valence electrons. The van der Waals surface area contributed by atoms with Gasteiger partial charge in [-0.3, -0.25) is 9.80 Å². The van der Waals surface area contributed by atoms with Gasteiger partial charge in [0.1, 0.15) is 12.0 Å². The van der Waals surface area contributed by atoms with E-state index in [0.717, 1.165) is 67.3 Å². The van der Waals surface area contributed by atoms with Crippen molar-refractivity contribution in [3.05, 3.63) is 47.8 Å². The first kappa shape index (κ1) is 16.3. The molecule has 0 aliphatic carbocycles. The second-order valence-electron chi connectivity index (χ2n) is 6.91. The Morgan fingerprint density at radius 2 is 2.04 bits per heavy atom. The summed E-state index contributed by atoms with van der Waals surface area (Å²) in [6.07, 6.45) is 4.08. The summed E-state index contributed by atoms with van der Waals surface area (Å²) < 4.78 is 10.7. The number of rotatable bonds is 5. The minimum absolute atomic E-state index is 0.575. The van der Waals surface area contributed by atoms with Gasteiger partial charge in [0.15, 0.2) is 11.5 Å². The third-order valence-electron chi connectivity index (χ3n) is 5.08. The molecule has 0 atom stereocenters. The summed E-state index contributed by atoms with van der Waals surface area (Å²) in [5.41, 5.74) is 2.92. The Morgan fingerprint density at radius 3 is 2.80 bits per heavy atom. The maximum Gasteiger partial charge on any atom is 0.191 e. The third-order valence-corrected chi connectivity index (χ3v) is 5.08. The summed E-state index contributed by atoms with van der Waals surface area (Å²) >= 11 is 0. The van der Waals surface area contributed by atoms with E-state index >= 15 is 0 Å². The summed E-state index contributed by atoms with van der Waals surface area (Å²) in [6.45, 7) is 5.76. The number of oxazole rings is 1. The first-order valence-electron chi connectivity index (χ1n) is 8.86. The summed E-state index contributed by atoms with van der Waals surface area (Å²) in [6, 6.07) is 8.64. The number of hydrogen-bond acceptors (Lipinski definition) is 6. The van der Waals surface area contributed by atoms with Gasteiger partial charge in [-0.25, -0.2) is 4.98 Å². The standard InChI is InChI=1S/C19H24N4O2/c1-14-20-15(13-24-14)11-23-9-7-16(8-10-23)22(2)12-18-17-5-3-4-6-19(17)25-21-18/h3-6,13,16H,7-12H2,1-2H3. The highest BCUT2D eigenvalue weighted by Crippen LogP contribution is 2.22. The van der Waals surface area contributed by atoms with Crippen molar-refractivity contribution < 1.29 is 8.94 Å². The highest BCUT2D eigenvalue weighted by atomic mass is 16.5. The molecule has 3 heterocycles. The predicted octanol–water partition coefficient (Wildman–Crippen LogP) is 3.22. The monoisotopic (exact) mass is 340 g/mol. The van der Waals surface area contributed by atoms with Crippen LogP contribution in [0.1, 0.15) is 30.1 Å². The molecule has 1 saturated heterocycles. The number of benzene rings is 1. The second kappa shape index (κ2) is 6.98. The van der Waals surface area contributed by atoms with Gasteiger partial charge in [0.25, 0.3) is 0 Å². The minimum atomic E-state index is 0.575. The highest BCUT2D eigenvalue weighted by Gasteiger charge is 2.24. The molecule has 0 N–H and O–H groups in total. The first-order valence-corrected chi connectivity index (χ1v) is 8.86. The Hall–Kier alpha value is -2.18. The van der Waals surface area contributed by atoms with E-state index in [1.165, 1.54) is 0 Å². The number of hydrogen-bond donors (Lipinski definition) is 0. The smallest absolute Gasteiger partial charge is 0.191 e. The summed E-state index contributed by atoms with van der Waals surface area (Å²) in [4.78, 5) is 9.26. The molecule has 6 heteroatoms. The van der Waals surface area contributed by atoms with Crippen LogP contribution in [0, 0.1) is 6.92 Å². The van der Waals surface area contributed by atoms with Gasteiger partial charge >= 0.3 is 0 Å². The van der Waals surface area contributed by atoms with Crippen LogP contribution in [0.4, 0.5) is 0 Å². The molecule has 2 aromatic heterocycles. The molecule has 1 aliphatic heterocycles. The molecule has 25 heavy (non-hydrogen) atoms. The lowest BCUT2D eigenvalue weighted by atomic mass is 10.0. The Morgan fingerprint density at radius 1 is 1.24 bits per heavy atom. The van der Waals surface area contributed by atoms with E-state index in [1.54, 1.807) is 6.26 Å². The van der Waals surface area contributed by atoms with Crippen LogP contribution in [0.5, 0.6) is 0 Å². The Kier molecular flexibility index (Phi) is 4.55. The maximum absolute atomic E-state index is 5.42. The average molecular weight is 340 g/mol. The van der Waals surface area contributed by atoms with E-state index in [9.17, 15) is 0 Å². The normalized spacial score (nSPS) is 16.9. The van der Waals surface area contributed by atoms with Gasteiger partial charge in [0.2, 0.25) is 0 Å². The van der Waals surface area contributed by atoms with Crippen molar-refractivity contribution in [3.63, 3.8) is 0 Å². The Balaban J connectivity index is 1.32. The summed E-state index contributed by atoms with van der Waals surface area (Å²) in [7, 11) is 2.19. The highest BCUT2D eigenvalue weighted by molar-refractivity contribution is 5.79. The predicted molar refractivity (Wildman–Crippen MR) is 95.0 cm³/mol. The Labute approximate surface area is 147 Å².